The highest BCUT2D eigenvalue weighted by molar-refractivity contribution is 8.24. The van der Waals surface area contributed by atoms with E-state index in [4.69, 9.17) is 12.2 Å². The van der Waals surface area contributed by atoms with Crippen molar-refractivity contribution in [3.63, 3.8) is 0 Å². The van der Waals surface area contributed by atoms with Crippen LogP contribution in [0.5, 0.6) is 0 Å². The molecule has 1 atom stereocenters. The zero-order valence-corrected chi connectivity index (χ0v) is 16.9. The molecule has 1 nitrogen and oxygen atoms in total. The van der Waals surface area contributed by atoms with Crippen LogP contribution in [0.25, 0.3) is 0 Å². The Morgan fingerprint density at radius 2 is 2.00 bits per heavy atom. The smallest absolute Gasteiger partial charge is 0.136 e. The first kappa shape index (κ1) is 17.7. The number of nitrogens with zero attached hydrogens (tertiary/aromatic N) is 1. The van der Waals surface area contributed by atoms with Crippen LogP contribution in [-0.2, 0) is 0 Å². The maximum absolute atomic E-state index is 5.57. The van der Waals surface area contributed by atoms with Crippen molar-refractivity contribution in [1.29, 1.82) is 0 Å². The molecule has 118 valence electrons. The molecular formula is C16H27NS3Si. The number of rotatable bonds is 4. The zero-order valence-electron chi connectivity index (χ0n) is 13.5. The van der Waals surface area contributed by atoms with Crippen molar-refractivity contribution in [2.24, 2.45) is 5.92 Å². The Balaban J connectivity index is 1.72. The molecule has 1 aliphatic carbocycles. The minimum absolute atomic E-state index is 0.641. The second-order valence-electron chi connectivity index (χ2n) is 7.20. The molecule has 5 heteroatoms. The van der Waals surface area contributed by atoms with Gasteiger partial charge in [0.05, 0.1) is 0 Å². The van der Waals surface area contributed by atoms with E-state index in [0.29, 0.717) is 5.25 Å². The Bertz CT molecular complexity index is 415. The molecule has 1 saturated carbocycles. The van der Waals surface area contributed by atoms with Crippen LogP contribution < -0.4 is 0 Å². The van der Waals surface area contributed by atoms with E-state index in [1.165, 1.54) is 38.6 Å². The van der Waals surface area contributed by atoms with E-state index >= 15 is 0 Å². The predicted octanol–water partition coefficient (Wildman–Crippen LogP) is 4.84. The molecule has 0 amide bonds. The molecule has 1 unspecified atom stereocenters. The fraction of sp³-hybridized carbons (Fsp3) is 0.812. The van der Waals surface area contributed by atoms with Crippen LogP contribution in [0.15, 0.2) is 0 Å². The third-order valence-corrected chi connectivity index (χ3v) is 7.66. The highest BCUT2D eigenvalue weighted by Crippen LogP contribution is 2.31. The summed E-state index contributed by atoms with van der Waals surface area (Å²) in [6.45, 7) is 9.24. The lowest BCUT2D eigenvalue weighted by Crippen LogP contribution is -2.31. The van der Waals surface area contributed by atoms with E-state index in [2.05, 4.69) is 35.3 Å². The van der Waals surface area contributed by atoms with Gasteiger partial charge in [-0.3, -0.25) is 0 Å². The Morgan fingerprint density at radius 3 is 2.67 bits per heavy atom. The van der Waals surface area contributed by atoms with Gasteiger partial charge in [0.15, 0.2) is 0 Å². The Hall–Kier alpha value is 0.367. The van der Waals surface area contributed by atoms with Crippen LogP contribution in [0, 0.1) is 16.7 Å². The van der Waals surface area contributed by atoms with E-state index < -0.39 is 8.07 Å². The van der Waals surface area contributed by atoms with Gasteiger partial charge >= 0.3 is 0 Å². The van der Waals surface area contributed by atoms with Crippen LogP contribution in [0.4, 0.5) is 0 Å². The third-order valence-electron chi connectivity index (χ3n) is 3.92. The molecule has 0 aromatic rings. The maximum atomic E-state index is 5.57. The lowest BCUT2D eigenvalue weighted by molar-refractivity contribution is 0.283. The van der Waals surface area contributed by atoms with Crippen molar-refractivity contribution in [2.45, 2.75) is 57.0 Å². The summed E-state index contributed by atoms with van der Waals surface area (Å²) >= 11 is 9.27. The van der Waals surface area contributed by atoms with E-state index in [1.54, 1.807) is 11.8 Å². The highest BCUT2D eigenvalue weighted by atomic mass is 32.2. The normalized spacial score (nSPS) is 24.0. The molecule has 2 rings (SSSR count). The monoisotopic (exact) mass is 357 g/mol. The van der Waals surface area contributed by atoms with Crippen molar-refractivity contribution in [3.8, 4) is 10.8 Å². The molecule has 0 N–H and O–H groups in total. The summed E-state index contributed by atoms with van der Waals surface area (Å²) in [5, 5.41) is 3.96. The van der Waals surface area contributed by atoms with Crippen LogP contribution in [0.2, 0.25) is 19.6 Å². The summed E-state index contributed by atoms with van der Waals surface area (Å²) < 4.78 is 1.13. The molecule has 21 heavy (non-hydrogen) atoms. The van der Waals surface area contributed by atoms with Gasteiger partial charge in [0.25, 0.3) is 0 Å². The average molecular weight is 358 g/mol. The topological polar surface area (TPSA) is 3.24 Å². The van der Waals surface area contributed by atoms with Crippen molar-refractivity contribution in [3.05, 3.63) is 0 Å². The molecule has 1 heterocycles. The Kier molecular flexibility index (Phi) is 6.99. The Morgan fingerprint density at radius 1 is 1.29 bits per heavy atom. The summed E-state index contributed by atoms with van der Waals surface area (Å²) in [7, 11) is -1.22. The molecule has 0 aromatic carbocycles. The molecule has 0 radical (unpaired) electrons. The molecule has 0 bridgehead atoms. The van der Waals surface area contributed by atoms with Crippen molar-refractivity contribution >= 4 is 48.1 Å². The highest BCUT2D eigenvalue weighted by Gasteiger charge is 2.29. The summed E-state index contributed by atoms with van der Waals surface area (Å²) in [6.07, 6.45) is 7.09. The first-order valence-corrected chi connectivity index (χ1v) is 13.8. The summed E-state index contributed by atoms with van der Waals surface area (Å²) in [5.41, 5.74) is 3.43. The van der Waals surface area contributed by atoms with E-state index in [1.807, 2.05) is 11.8 Å². The second-order valence-corrected chi connectivity index (χ2v) is 14.7. The number of hydrogen-bond acceptors (Lipinski definition) is 3. The van der Waals surface area contributed by atoms with Gasteiger partial charge in [-0.25, -0.2) is 0 Å². The number of hydrogen-bond donors (Lipinski definition) is 0. The van der Waals surface area contributed by atoms with Gasteiger partial charge in [-0.15, -0.1) is 5.54 Å². The summed E-state index contributed by atoms with van der Waals surface area (Å²) in [5.74, 6) is 2.00. The minimum Gasteiger partial charge on any atom is -0.356 e. The fourth-order valence-corrected chi connectivity index (χ4v) is 6.58. The SMILES string of the molecule is C[Si](C)(C)C#CSCC1CN(CC2CCCCC2)C(=S)S1. The van der Waals surface area contributed by atoms with Crippen molar-refractivity contribution in [2.75, 3.05) is 18.8 Å². The van der Waals surface area contributed by atoms with Gasteiger partial charge < -0.3 is 4.90 Å². The predicted molar refractivity (Wildman–Crippen MR) is 106 cm³/mol. The van der Waals surface area contributed by atoms with E-state index in [0.717, 1.165) is 22.5 Å². The first-order valence-electron chi connectivity index (χ1n) is 8.03. The van der Waals surface area contributed by atoms with E-state index in [9.17, 15) is 0 Å². The fourth-order valence-electron chi connectivity index (χ4n) is 2.82. The summed E-state index contributed by atoms with van der Waals surface area (Å²) in [4.78, 5) is 2.47. The maximum Gasteiger partial charge on any atom is 0.136 e. The van der Waals surface area contributed by atoms with Gasteiger partial charge in [-0.1, -0.05) is 74.6 Å². The molecule has 2 aliphatic rings. The van der Waals surface area contributed by atoms with Gasteiger partial charge in [0.1, 0.15) is 12.4 Å². The van der Waals surface area contributed by atoms with Crippen molar-refractivity contribution < 1.29 is 0 Å². The molecule has 0 aromatic heterocycles. The molecule has 0 spiro atoms. The second kappa shape index (κ2) is 8.28. The first-order chi connectivity index (χ1) is 9.94. The van der Waals surface area contributed by atoms with Gasteiger partial charge in [-0.05, 0) is 24.0 Å². The molecular weight excluding hydrogens is 330 g/mol. The zero-order chi connectivity index (χ0) is 15.3. The number of thioether (sulfide) groups is 2. The standard InChI is InChI=1S/C16H27NS3Si/c1-21(2,3)10-9-19-13-15-12-17(16(18)20-15)11-14-7-5-4-6-8-14/h14-15H,4-8,11-13H2,1-3H3. The van der Waals surface area contributed by atoms with Crippen LogP contribution in [0.1, 0.15) is 32.1 Å². The van der Waals surface area contributed by atoms with Gasteiger partial charge in [0.2, 0.25) is 0 Å². The Labute approximate surface area is 145 Å². The van der Waals surface area contributed by atoms with Crippen LogP contribution >= 0.6 is 35.7 Å². The van der Waals surface area contributed by atoms with Gasteiger partial charge in [0, 0.05) is 24.1 Å². The summed E-state index contributed by atoms with van der Waals surface area (Å²) in [6, 6.07) is 0. The quantitative estimate of drug-likeness (QED) is 0.402. The minimum atomic E-state index is -1.22. The third kappa shape index (κ3) is 6.56. The van der Waals surface area contributed by atoms with Crippen LogP contribution in [-0.4, -0.2) is 41.4 Å². The molecule has 2 fully saturated rings. The lowest BCUT2D eigenvalue weighted by Gasteiger charge is -2.27. The van der Waals surface area contributed by atoms with E-state index in [-0.39, 0.29) is 0 Å². The average Bonchev–Trinajstić information content (AvgIpc) is 2.76. The number of thiocarbonyl (C=S) groups is 1. The lowest BCUT2D eigenvalue weighted by atomic mass is 9.89. The van der Waals surface area contributed by atoms with Gasteiger partial charge in [-0.2, -0.15) is 0 Å². The largest absolute Gasteiger partial charge is 0.356 e. The molecule has 1 saturated heterocycles. The van der Waals surface area contributed by atoms with Crippen molar-refractivity contribution in [1.82, 2.24) is 4.90 Å². The molecule has 1 aliphatic heterocycles. The van der Waals surface area contributed by atoms with Crippen LogP contribution in [0.3, 0.4) is 0 Å².